The maximum absolute atomic E-state index is 13.2. The fourth-order valence-electron chi connectivity index (χ4n) is 3.03. The van der Waals surface area contributed by atoms with Crippen LogP contribution in [0.5, 0.6) is 0 Å². The molecule has 0 saturated heterocycles. The van der Waals surface area contributed by atoms with Crippen molar-refractivity contribution in [2.45, 2.75) is 57.3 Å². The van der Waals surface area contributed by atoms with Crippen molar-refractivity contribution in [2.24, 2.45) is 0 Å². The third-order valence-electron chi connectivity index (χ3n) is 4.78. The standard InChI is InChI=1S/C22H27NO2S/c1-21(2,3)17-8-7-9-19(15-17)26(24,25)23-13-12-16-14-18(22(4,5)6)10-11-20(16)23/h7-15H,1-6H3. The van der Waals surface area contributed by atoms with Crippen molar-refractivity contribution in [1.29, 1.82) is 0 Å². The van der Waals surface area contributed by atoms with Gasteiger partial charge in [0.1, 0.15) is 0 Å². The molecule has 1 aromatic heterocycles. The number of hydrogen-bond donors (Lipinski definition) is 0. The van der Waals surface area contributed by atoms with Gasteiger partial charge in [0, 0.05) is 11.6 Å². The van der Waals surface area contributed by atoms with Crippen LogP contribution in [0.25, 0.3) is 10.9 Å². The normalized spacial score (nSPS) is 13.3. The number of fused-ring (bicyclic) bond motifs is 1. The first kappa shape index (κ1) is 18.7. The first-order valence-corrected chi connectivity index (χ1v) is 10.3. The highest BCUT2D eigenvalue weighted by molar-refractivity contribution is 7.90. The zero-order chi connectivity index (χ0) is 19.3. The van der Waals surface area contributed by atoms with Gasteiger partial charge in [-0.25, -0.2) is 12.4 Å². The Morgan fingerprint density at radius 1 is 0.769 bits per heavy atom. The minimum atomic E-state index is -3.64. The molecular formula is C22H27NO2S. The van der Waals surface area contributed by atoms with E-state index in [1.54, 1.807) is 18.3 Å². The molecule has 0 spiro atoms. The molecule has 0 N–H and O–H groups in total. The van der Waals surface area contributed by atoms with Gasteiger partial charge in [-0.15, -0.1) is 0 Å². The number of aromatic nitrogens is 1. The minimum absolute atomic E-state index is 0.0240. The van der Waals surface area contributed by atoms with E-state index in [2.05, 4.69) is 47.6 Å². The summed E-state index contributed by atoms with van der Waals surface area (Å²) in [5.74, 6) is 0. The molecule has 138 valence electrons. The Kier molecular flexibility index (Phi) is 4.31. The summed E-state index contributed by atoms with van der Waals surface area (Å²) in [7, 11) is -3.64. The molecule has 0 aliphatic rings. The SMILES string of the molecule is CC(C)(C)c1cccc(S(=O)(=O)n2ccc3cc(C(C)(C)C)ccc32)c1. The van der Waals surface area contributed by atoms with Gasteiger partial charge in [0.2, 0.25) is 0 Å². The van der Waals surface area contributed by atoms with Crippen LogP contribution in [0.4, 0.5) is 0 Å². The predicted molar refractivity (Wildman–Crippen MR) is 108 cm³/mol. The summed E-state index contributed by atoms with van der Waals surface area (Å²) >= 11 is 0. The van der Waals surface area contributed by atoms with Crippen molar-refractivity contribution < 1.29 is 8.42 Å². The largest absolute Gasteiger partial charge is 0.268 e. The summed E-state index contributed by atoms with van der Waals surface area (Å²) in [4.78, 5) is 0.322. The summed E-state index contributed by atoms with van der Waals surface area (Å²) in [5, 5.41) is 0.938. The number of nitrogens with zero attached hydrogens (tertiary/aromatic N) is 1. The average Bonchev–Trinajstić information content (AvgIpc) is 2.97. The molecule has 0 bridgehead atoms. The fourth-order valence-corrected chi connectivity index (χ4v) is 4.43. The molecule has 0 radical (unpaired) electrons. The van der Waals surface area contributed by atoms with Crippen molar-refractivity contribution in [3.05, 3.63) is 65.9 Å². The van der Waals surface area contributed by atoms with Crippen LogP contribution in [0.1, 0.15) is 52.7 Å². The van der Waals surface area contributed by atoms with E-state index in [4.69, 9.17) is 0 Å². The van der Waals surface area contributed by atoms with Crippen LogP contribution in [-0.4, -0.2) is 12.4 Å². The summed E-state index contributed by atoms with van der Waals surface area (Å²) in [6.07, 6.45) is 1.65. The highest BCUT2D eigenvalue weighted by Gasteiger charge is 2.23. The van der Waals surface area contributed by atoms with Gasteiger partial charge in [0.15, 0.2) is 0 Å². The van der Waals surface area contributed by atoms with Gasteiger partial charge in [-0.3, -0.25) is 0 Å². The smallest absolute Gasteiger partial charge is 0.241 e. The van der Waals surface area contributed by atoms with E-state index in [9.17, 15) is 8.42 Å². The molecule has 4 heteroatoms. The Balaban J connectivity index is 2.14. The van der Waals surface area contributed by atoms with Crippen LogP contribution >= 0.6 is 0 Å². The summed E-state index contributed by atoms with van der Waals surface area (Å²) < 4.78 is 27.9. The Morgan fingerprint density at radius 2 is 1.38 bits per heavy atom. The Hall–Kier alpha value is -2.07. The van der Waals surface area contributed by atoms with Gasteiger partial charge in [-0.2, -0.15) is 0 Å². The van der Waals surface area contributed by atoms with Crippen molar-refractivity contribution >= 4 is 20.9 Å². The molecule has 0 atom stereocenters. The van der Waals surface area contributed by atoms with E-state index in [-0.39, 0.29) is 10.8 Å². The molecule has 3 aromatic rings. The second-order valence-electron chi connectivity index (χ2n) is 8.92. The van der Waals surface area contributed by atoms with Gasteiger partial charge >= 0.3 is 0 Å². The lowest BCUT2D eigenvalue weighted by Crippen LogP contribution is -2.15. The Morgan fingerprint density at radius 3 is 2.00 bits per heavy atom. The van der Waals surface area contributed by atoms with Crippen LogP contribution in [0.2, 0.25) is 0 Å². The molecule has 0 fully saturated rings. The lowest BCUT2D eigenvalue weighted by atomic mass is 9.86. The Labute approximate surface area is 156 Å². The third kappa shape index (κ3) is 3.30. The van der Waals surface area contributed by atoms with Gasteiger partial charge in [-0.1, -0.05) is 59.7 Å². The Bertz CT molecular complexity index is 1060. The van der Waals surface area contributed by atoms with E-state index < -0.39 is 10.0 Å². The molecule has 0 aliphatic heterocycles. The van der Waals surface area contributed by atoms with Gasteiger partial charge < -0.3 is 0 Å². The lowest BCUT2D eigenvalue weighted by Gasteiger charge is -2.20. The maximum atomic E-state index is 13.2. The van der Waals surface area contributed by atoms with E-state index >= 15 is 0 Å². The van der Waals surface area contributed by atoms with Gasteiger partial charge in [0.05, 0.1) is 10.4 Å². The molecule has 26 heavy (non-hydrogen) atoms. The summed E-state index contributed by atoms with van der Waals surface area (Å²) in [6, 6.07) is 15.1. The quantitative estimate of drug-likeness (QED) is 0.600. The van der Waals surface area contributed by atoms with Crippen molar-refractivity contribution in [1.82, 2.24) is 3.97 Å². The van der Waals surface area contributed by atoms with E-state index in [1.807, 2.05) is 30.3 Å². The van der Waals surface area contributed by atoms with Crippen molar-refractivity contribution in [3.63, 3.8) is 0 Å². The first-order valence-electron chi connectivity index (χ1n) is 8.88. The molecule has 2 aromatic carbocycles. The number of benzene rings is 2. The first-order chi connectivity index (χ1) is 11.9. The highest BCUT2D eigenvalue weighted by Crippen LogP contribution is 2.30. The molecule has 0 amide bonds. The predicted octanol–water partition coefficient (Wildman–Crippen LogP) is 5.47. The van der Waals surface area contributed by atoms with Crippen molar-refractivity contribution in [3.8, 4) is 0 Å². The summed E-state index contributed by atoms with van der Waals surface area (Å²) in [5.41, 5.74) is 2.82. The fraction of sp³-hybridized carbons (Fsp3) is 0.364. The van der Waals surface area contributed by atoms with Crippen LogP contribution < -0.4 is 0 Å². The van der Waals surface area contributed by atoms with Crippen LogP contribution in [0, 0.1) is 0 Å². The second kappa shape index (κ2) is 5.98. The molecular weight excluding hydrogens is 342 g/mol. The zero-order valence-electron chi connectivity index (χ0n) is 16.4. The zero-order valence-corrected chi connectivity index (χ0v) is 17.2. The topological polar surface area (TPSA) is 39.1 Å². The van der Waals surface area contributed by atoms with Crippen LogP contribution in [-0.2, 0) is 20.9 Å². The molecule has 3 nitrogen and oxygen atoms in total. The minimum Gasteiger partial charge on any atom is -0.241 e. The van der Waals surface area contributed by atoms with Crippen LogP contribution in [0.3, 0.4) is 0 Å². The molecule has 3 rings (SSSR count). The molecule has 0 saturated carbocycles. The third-order valence-corrected chi connectivity index (χ3v) is 6.46. The molecule has 0 aliphatic carbocycles. The monoisotopic (exact) mass is 369 g/mol. The van der Waals surface area contributed by atoms with Crippen molar-refractivity contribution in [2.75, 3.05) is 0 Å². The lowest BCUT2D eigenvalue weighted by molar-refractivity contribution is 0.580. The second-order valence-corrected chi connectivity index (χ2v) is 10.7. The van der Waals surface area contributed by atoms with Gasteiger partial charge in [-0.05, 0) is 52.3 Å². The molecule has 1 heterocycles. The number of rotatable bonds is 2. The van der Waals surface area contributed by atoms with Crippen LogP contribution in [0.15, 0.2) is 59.6 Å². The highest BCUT2D eigenvalue weighted by atomic mass is 32.2. The summed E-state index contributed by atoms with van der Waals surface area (Å²) in [6.45, 7) is 12.7. The van der Waals surface area contributed by atoms with E-state index in [1.165, 1.54) is 9.54 Å². The maximum Gasteiger partial charge on any atom is 0.268 e. The molecule has 0 unspecified atom stereocenters. The van der Waals surface area contributed by atoms with E-state index in [0.29, 0.717) is 10.4 Å². The van der Waals surface area contributed by atoms with Gasteiger partial charge in [0.25, 0.3) is 10.0 Å². The number of hydrogen-bond acceptors (Lipinski definition) is 2. The average molecular weight is 370 g/mol. The van der Waals surface area contributed by atoms with E-state index in [0.717, 1.165) is 10.9 Å².